The minimum Gasteiger partial charge on any atom is -0.481 e. The quantitative estimate of drug-likeness (QED) is 0.787. The molecule has 6 nitrogen and oxygen atoms in total. The highest BCUT2D eigenvalue weighted by atomic mass is 19.1. The molecule has 0 atom stereocenters. The van der Waals surface area contributed by atoms with Crippen molar-refractivity contribution in [3.63, 3.8) is 0 Å². The van der Waals surface area contributed by atoms with Crippen molar-refractivity contribution in [3.8, 4) is 5.75 Å². The maximum absolute atomic E-state index is 13.3. The van der Waals surface area contributed by atoms with Gasteiger partial charge in [-0.05, 0) is 19.1 Å². The van der Waals surface area contributed by atoms with Gasteiger partial charge in [0.25, 0.3) is 5.91 Å². The number of halogens is 1. The summed E-state index contributed by atoms with van der Waals surface area (Å²) in [4.78, 5) is 25.5. The molecule has 0 saturated heterocycles. The molecule has 7 heteroatoms. The van der Waals surface area contributed by atoms with Gasteiger partial charge < -0.3 is 20.1 Å². The number of anilines is 1. The predicted molar refractivity (Wildman–Crippen MR) is 73.0 cm³/mol. The van der Waals surface area contributed by atoms with Crippen LogP contribution in [0.2, 0.25) is 0 Å². The molecule has 0 aliphatic carbocycles. The number of aromatic amines is 1. The summed E-state index contributed by atoms with van der Waals surface area (Å²) in [6.45, 7) is 1.15. The third-order valence-corrected chi connectivity index (χ3v) is 2.76. The summed E-state index contributed by atoms with van der Waals surface area (Å²) in [7, 11) is 0. The van der Waals surface area contributed by atoms with E-state index in [1.54, 1.807) is 13.0 Å². The minimum atomic E-state index is -1.15. The van der Waals surface area contributed by atoms with Crippen LogP contribution in [-0.4, -0.2) is 28.6 Å². The lowest BCUT2D eigenvalue weighted by Gasteiger charge is -2.07. The highest BCUT2D eigenvalue weighted by molar-refractivity contribution is 6.01. The first-order valence-corrected chi connectivity index (χ1v) is 6.07. The number of amides is 1. The van der Waals surface area contributed by atoms with Gasteiger partial charge in [-0.1, -0.05) is 12.1 Å². The van der Waals surface area contributed by atoms with E-state index in [4.69, 9.17) is 9.84 Å². The topological polar surface area (TPSA) is 91.4 Å². The molecule has 0 spiro atoms. The molecule has 0 fully saturated rings. The summed E-state index contributed by atoms with van der Waals surface area (Å²) in [5.41, 5.74) is 0.546. The summed E-state index contributed by atoms with van der Waals surface area (Å²) < 4.78 is 18.3. The smallest absolute Gasteiger partial charge is 0.339 e. The number of carboxylic acids is 1. The first kappa shape index (κ1) is 14.6. The molecule has 1 aromatic heterocycles. The van der Waals surface area contributed by atoms with Crippen molar-refractivity contribution in [2.24, 2.45) is 0 Å². The lowest BCUT2D eigenvalue weighted by Crippen LogP contribution is -2.21. The van der Waals surface area contributed by atoms with Crippen LogP contribution in [0.3, 0.4) is 0 Å². The molecular weight excluding hydrogens is 279 g/mol. The Morgan fingerprint density at radius 1 is 1.38 bits per heavy atom. The lowest BCUT2D eigenvalue weighted by atomic mass is 10.2. The average molecular weight is 292 g/mol. The number of ether oxygens (including phenoxy) is 1. The fourth-order valence-electron chi connectivity index (χ4n) is 1.79. The second-order valence-corrected chi connectivity index (χ2v) is 4.27. The van der Waals surface area contributed by atoms with E-state index < -0.39 is 24.3 Å². The summed E-state index contributed by atoms with van der Waals surface area (Å²) in [6, 6.07) is 5.69. The van der Waals surface area contributed by atoms with E-state index in [0.29, 0.717) is 5.69 Å². The molecule has 0 radical (unpaired) electrons. The summed E-state index contributed by atoms with van der Waals surface area (Å²) in [5.74, 6) is -2.36. The normalized spacial score (nSPS) is 10.2. The number of hydrogen-bond donors (Lipinski definition) is 3. The molecule has 1 aromatic carbocycles. The van der Waals surface area contributed by atoms with E-state index in [2.05, 4.69) is 10.3 Å². The molecule has 1 amide bonds. The number of aryl methyl sites for hydroxylation is 1. The molecule has 21 heavy (non-hydrogen) atoms. The number of H-pyrrole nitrogens is 1. The van der Waals surface area contributed by atoms with Gasteiger partial charge in [-0.2, -0.15) is 0 Å². The molecule has 1 heterocycles. The molecule has 2 aromatic rings. The van der Waals surface area contributed by atoms with Crippen LogP contribution in [-0.2, 0) is 4.79 Å². The van der Waals surface area contributed by atoms with Crippen molar-refractivity contribution in [1.29, 1.82) is 0 Å². The van der Waals surface area contributed by atoms with E-state index in [9.17, 15) is 14.0 Å². The summed E-state index contributed by atoms with van der Waals surface area (Å²) in [5, 5.41) is 11.4. The maximum atomic E-state index is 13.3. The van der Waals surface area contributed by atoms with Crippen LogP contribution in [0.5, 0.6) is 5.75 Å². The SMILES string of the molecule is Cc1[nH]cc(NC(=O)COc2ccccc2F)c1C(=O)O. The van der Waals surface area contributed by atoms with Crippen molar-refractivity contribution in [2.45, 2.75) is 6.92 Å². The van der Waals surface area contributed by atoms with Gasteiger partial charge in [-0.3, -0.25) is 4.79 Å². The average Bonchev–Trinajstić information content (AvgIpc) is 2.79. The molecule has 110 valence electrons. The first-order valence-electron chi connectivity index (χ1n) is 6.07. The van der Waals surface area contributed by atoms with E-state index in [0.717, 1.165) is 0 Å². The molecule has 0 bridgehead atoms. The summed E-state index contributed by atoms with van der Waals surface area (Å²) >= 11 is 0. The van der Waals surface area contributed by atoms with E-state index in [-0.39, 0.29) is 17.0 Å². The third-order valence-electron chi connectivity index (χ3n) is 2.76. The van der Waals surface area contributed by atoms with Crippen molar-refractivity contribution < 1.29 is 23.8 Å². The first-order chi connectivity index (χ1) is 9.99. The van der Waals surface area contributed by atoms with Crippen LogP contribution < -0.4 is 10.1 Å². The zero-order valence-corrected chi connectivity index (χ0v) is 11.1. The van der Waals surface area contributed by atoms with Gasteiger partial charge in [0.1, 0.15) is 5.56 Å². The Balaban J connectivity index is 2.00. The lowest BCUT2D eigenvalue weighted by molar-refractivity contribution is -0.118. The minimum absolute atomic E-state index is 0.0192. The Bertz CT molecular complexity index is 681. The third kappa shape index (κ3) is 3.38. The second kappa shape index (κ2) is 6.08. The van der Waals surface area contributed by atoms with Crippen LogP contribution in [0.4, 0.5) is 10.1 Å². The van der Waals surface area contributed by atoms with E-state index in [1.807, 2.05) is 0 Å². The van der Waals surface area contributed by atoms with Gasteiger partial charge in [-0.15, -0.1) is 0 Å². The number of aromatic carboxylic acids is 1. The zero-order chi connectivity index (χ0) is 15.4. The van der Waals surface area contributed by atoms with Gasteiger partial charge in [0.2, 0.25) is 0 Å². The van der Waals surface area contributed by atoms with Crippen molar-refractivity contribution >= 4 is 17.6 Å². The number of carbonyl (C=O) groups excluding carboxylic acids is 1. The molecule has 0 saturated carbocycles. The van der Waals surface area contributed by atoms with Crippen LogP contribution in [0, 0.1) is 12.7 Å². The molecule has 0 unspecified atom stereocenters. The maximum Gasteiger partial charge on any atom is 0.339 e. The van der Waals surface area contributed by atoms with Crippen LogP contribution in [0.25, 0.3) is 0 Å². The molecule has 3 N–H and O–H groups in total. The Hall–Kier alpha value is -2.83. The van der Waals surface area contributed by atoms with E-state index in [1.165, 1.54) is 24.4 Å². The largest absolute Gasteiger partial charge is 0.481 e. The number of benzene rings is 1. The van der Waals surface area contributed by atoms with E-state index >= 15 is 0 Å². The second-order valence-electron chi connectivity index (χ2n) is 4.27. The monoisotopic (exact) mass is 292 g/mol. The number of carbonyl (C=O) groups is 2. The highest BCUT2D eigenvalue weighted by Crippen LogP contribution is 2.19. The van der Waals surface area contributed by atoms with Crippen LogP contribution >= 0.6 is 0 Å². The number of para-hydroxylation sites is 1. The number of aromatic nitrogens is 1. The highest BCUT2D eigenvalue weighted by Gasteiger charge is 2.17. The fourth-order valence-corrected chi connectivity index (χ4v) is 1.79. The Morgan fingerprint density at radius 3 is 2.76 bits per heavy atom. The Morgan fingerprint density at radius 2 is 2.10 bits per heavy atom. The zero-order valence-electron chi connectivity index (χ0n) is 11.1. The number of rotatable bonds is 5. The van der Waals surface area contributed by atoms with Gasteiger partial charge in [-0.25, -0.2) is 9.18 Å². The predicted octanol–water partition coefficient (Wildman–Crippen LogP) is 2.18. The van der Waals surface area contributed by atoms with Crippen LogP contribution in [0.15, 0.2) is 30.5 Å². The number of carboxylic acid groups (broad SMARTS) is 1. The Kier molecular flexibility index (Phi) is 4.22. The fraction of sp³-hybridized carbons (Fsp3) is 0.143. The van der Waals surface area contributed by atoms with Gasteiger partial charge >= 0.3 is 5.97 Å². The number of nitrogens with one attached hydrogen (secondary N) is 2. The standard InChI is InChI=1S/C14H13FN2O4/c1-8-13(14(19)20)10(6-16-8)17-12(18)7-21-11-5-3-2-4-9(11)15/h2-6,16H,7H2,1H3,(H,17,18)(H,19,20). The Labute approximate surface area is 119 Å². The molecular formula is C14H13FN2O4. The molecule has 0 aliphatic heterocycles. The van der Waals surface area contributed by atoms with Crippen molar-refractivity contribution in [2.75, 3.05) is 11.9 Å². The van der Waals surface area contributed by atoms with Crippen molar-refractivity contribution in [1.82, 2.24) is 4.98 Å². The number of hydrogen-bond acceptors (Lipinski definition) is 3. The molecule has 0 aliphatic rings. The van der Waals surface area contributed by atoms with Crippen molar-refractivity contribution in [3.05, 3.63) is 47.5 Å². The summed E-state index contributed by atoms with van der Waals surface area (Å²) in [6.07, 6.45) is 1.37. The van der Waals surface area contributed by atoms with Gasteiger partial charge in [0.15, 0.2) is 18.2 Å². The van der Waals surface area contributed by atoms with Crippen LogP contribution in [0.1, 0.15) is 16.1 Å². The van der Waals surface area contributed by atoms with Gasteiger partial charge in [0, 0.05) is 11.9 Å². The molecule has 2 rings (SSSR count). The van der Waals surface area contributed by atoms with Gasteiger partial charge in [0.05, 0.1) is 5.69 Å².